The molecular weight excluding hydrogens is 343 g/mol. The minimum absolute atomic E-state index is 0.00271. The second kappa shape index (κ2) is 6.94. The first-order valence-electron chi connectivity index (χ1n) is 7.50. The summed E-state index contributed by atoms with van der Waals surface area (Å²) in [5.74, 6) is 0.0792. The summed E-state index contributed by atoms with van der Waals surface area (Å²) >= 11 is 5.78. The molecule has 0 amide bonds. The van der Waals surface area contributed by atoms with E-state index >= 15 is 0 Å². The molecule has 1 aliphatic heterocycles. The summed E-state index contributed by atoms with van der Waals surface area (Å²) in [5, 5.41) is 10.9. The number of nitrogens with one attached hydrogen (secondary N) is 1. The standard InChI is InChI=1S/C16H15ClF3N3O/c17-11-5-3-10(4-6-11)15-13(16(18,19)20)8-14(22-23-15)21-9-12-2-1-7-24-12/h3-6,8,12H,1-2,7,9H2,(H,21,22). The van der Waals surface area contributed by atoms with E-state index in [4.69, 9.17) is 16.3 Å². The largest absolute Gasteiger partial charge is 0.418 e. The van der Waals surface area contributed by atoms with Crippen molar-refractivity contribution in [1.29, 1.82) is 0 Å². The predicted octanol–water partition coefficient (Wildman–Crippen LogP) is 4.41. The Morgan fingerprint density at radius 2 is 1.96 bits per heavy atom. The molecule has 1 fully saturated rings. The minimum atomic E-state index is -4.54. The fraction of sp³-hybridized carbons (Fsp3) is 0.375. The molecule has 0 radical (unpaired) electrons. The van der Waals surface area contributed by atoms with Gasteiger partial charge in [0.05, 0.1) is 11.7 Å². The zero-order valence-electron chi connectivity index (χ0n) is 12.6. The van der Waals surface area contributed by atoms with E-state index in [-0.39, 0.29) is 17.6 Å². The Hall–Kier alpha value is -1.86. The van der Waals surface area contributed by atoms with Crippen molar-refractivity contribution in [3.05, 3.63) is 40.9 Å². The molecule has 0 saturated carbocycles. The van der Waals surface area contributed by atoms with E-state index in [1.54, 1.807) is 0 Å². The Morgan fingerprint density at radius 3 is 2.58 bits per heavy atom. The van der Waals surface area contributed by atoms with Crippen molar-refractivity contribution in [2.75, 3.05) is 18.5 Å². The quantitative estimate of drug-likeness (QED) is 0.880. The van der Waals surface area contributed by atoms with Gasteiger partial charge in [-0.2, -0.15) is 13.2 Å². The molecule has 3 rings (SSSR count). The van der Waals surface area contributed by atoms with Crippen LogP contribution in [0.3, 0.4) is 0 Å². The smallest absolute Gasteiger partial charge is 0.376 e. The number of nitrogens with zero attached hydrogens (tertiary/aromatic N) is 2. The van der Waals surface area contributed by atoms with Crippen LogP contribution in [-0.4, -0.2) is 29.5 Å². The highest BCUT2D eigenvalue weighted by Gasteiger charge is 2.35. The maximum absolute atomic E-state index is 13.4. The maximum atomic E-state index is 13.4. The van der Waals surface area contributed by atoms with E-state index in [0.717, 1.165) is 18.9 Å². The number of benzene rings is 1. The number of hydrogen-bond acceptors (Lipinski definition) is 4. The molecule has 1 N–H and O–H groups in total. The molecule has 1 saturated heterocycles. The Balaban J connectivity index is 1.87. The van der Waals surface area contributed by atoms with Gasteiger partial charge in [0, 0.05) is 23.7 Å². The highest BCUT2D eigenvalue weighted by atomic mass is 35.5. The Bertz CT molecular complexity index is 701. The average molecular weight is 358 g/mol. The van der Waals surface area contributed by atoms with E-state index in [0.29, 0.717) is 23.7 Å². The molecule has 1 aliphatic rings. The molecule has 1 aromatic carbocycles. The van der Waals surface area contributed by atoms with Crippen LogP contribution in [0.2, 0.25) is 5.02 Å². The van der Waals surface area contributed by atoms with Gasteiger partial charge in [0.25, 0.3) is 0 Å². The number of halogens is 4. The zero-order chi connectivity index (χ0) is 17.2. The fourth-order valence-corrected chi connectivity index (χ4v) is 2.66. The number of aromatic nitrogens is 2. The molecule has 0 spiro atoms. The van der Waals surface area contributed by atoms with Gasteiger partial charge in [0.1, 0.15) is 11.5 Å². The van der Waals surface area contributed by atoms with Gasteiger partial charge in [0.2, 0.25) is 0 Å². The van der Waals surface area contributed by atoms with Gasteiger partial charge in [-0.05, 0) is 31.0 Å². The molecule has 1 atom stereocenters. The Morgan fingerprint density at radius 1 is 1.21 bits per heavy atom. The van der Waals surface area contributed by atoms with Gasteiger partial charge in [-0.1, -0.05) is 23.7 Å². The maximum Gasteiger partial charge on any atom is 0.418 e. The number of anilines is 1. The van der Waals surface area contributed by atoms with Crippen LogP contribution < -0.4 is 5.32 Å². The zero-order valence-corrected chi connectivity index (χ0v) is 13.4. The summed E-state index contributed by atoms with van der Waals surface area (Å²) in [7, 11) is 0. The number of ether oxygens (including phenoxy) is 1. The van der Waals surface area contributed by atoms with Crippen LogP contribution in [0.5, 0.6) is 0 Å². The monoisotopic (exact) mass is 357 g/mol. The van der Waals surface area contributed by atoms with Crippen molar-refractivity contribution in [1.82, 2.24) is 10.2 Å². The van der Waals surface area contributed by atoms with Crippen LogP contribution in [-0.2, 0) is 10.9 Å². The molecular formula is C16H15ClF3N3O. The number of hydrogen-bond donors (Lipinski definition) is 1. The van der Waals surface area contributed by atoms with Gasteiger partial charge < -0.3 is 10.1 Å². The molecule has 128 valence electrons. The third-order valence-electron chi connectivity index (χ3n) is 3.75. The summed E-state index contributed by atoms with van der Waals surface area (Å²) in [6.45, 7) is 1.09. The van der Waals surface area contributed by atoms with E-state index in [9.17, 15) is 13.2 Å². The Kier molecular flexibility index (Phi) is 4.91. The average Bonchev–Trinajstić information content (AvgIpc) is 3.06. The highest BCUT2D eigenvalue weighted by Crippen LogP contribution is 2.36. The molecule has 1 unspecified atom stereocenters. The number of rotatable bonds is 4. The molecule has 0 aliphatic carbocycles. The summed E-state index contributed by atoms with van der Waals surface area (Å²) in [6.07, 6.45) is -2.70. The summed E-state index contributed by atoms with van der Waals surface area (Å²) < 4.78 is 45.6. The molecule has 24 heavy (non-hydrogen) atoms. The molecule has 8 heteroatoms. The summed E-state index contributed by atoms with van der Waals surface area (Å²) in [5.41, 5.74) is -0.749. The van der Waals surface area contributed by atoms with Crippen molar-refractivity contribution < 1.29 is 17.9 Å². The van der Waals surface area contributed by atoms with Gasteiger partial charge >= 0.3 is 6.18 Å². The highest BCUT2D eigenvalue weighted by molar-refractivity contribution is 6.30. The van der Waals surface area contributed by atoms with Gasteiger partial charge in [0.15, 0.2) is 0 Å². The van der Waals surface area contributed by atoms with Crippen LogP contribution >= 0.6 is 11.6 Å². The van der Waals surface area contributed by atoms with Crippen LogP contribution in [0, 0.1) is 0 Å². The van der Waals surface area contributed by atoms with Crippen LogP contribution in [0.25, 0.3) is 11.3 Å². The molecule has 1 aromatic heterocycles. The normalized spacial score (nSPS) is 17.9. The third kappa shape index (κ3) is 3.96. The van der Waals surface area contributed by atoms with Gasteiger partial charge in [-0.3, -0.25) is 0 Å². The fourth-order valence-electron chi connectivity index (χ4n) is 2.54. The van der Waals surface area contributed by atoms with Crippen molar-refractivity contribution >= 4 is 17.4 Å². The predicted molar refractivity (Wildman–Crippen MR) is 84.9 cm³/mol. The lowest BCUT2D eigenvalue weighted by atomic mass is 10.1. The van der Waals surface area contributed by atoms with E-state index in [2.05, 4.69) is 15.5 Å². The van der Waals surface area contributed by atoms with Crippen molar-refractivity contribution in [3.8, 4) is 11.3 Å². The summed E-state index contributed by atoms with van der Waals surface area (Å²) in [6, 6.07) is 6.98. The van der Waals surface area contributed by atoms with Gasteiger partial charge in [-0.25, -0.2) is 0 Å². The van der Waals surface area contributed by atoms with Crippen molar-refractivity contribution in [2.45, 2.75) is 25.1 Å². The first-order valence-corrected chi connectivity index (χ1v) is 7.87. The van der Waals surface area contributed by atoms with Gasteiger partial charge in [-0.15, -0.1) is 10.2 Å². The lowest BCUT2D eigenvalue weighted by molar-refractivity contribution is -0.137. The van der Waals surface area contributed by atoms with E-state index in [1.165, 1.54) is 24.3 Å². The van der Waals surface area contributed by atoms with Crippen LogP contribution in [0.4, 0.5) is 19.0 Å². The third-order valence-corrected chi connectivity index (χ3v) is 4.00. The molecule has 2 aromatic rings. The van der Waals surface area contributed by atoms with Crippen molar-refractivity contribution in [2.24, 2.45) is 0 Å². The summed E-state index contributed by atoms with van der Waals surface area (Å²) in [4.78, 5) is 0. The molecule has 2 heterocycles. The molecule has 4 nitrogen and oxygen atoms in total. The SMILES string of the molecule is FC(F)(F)c1cc(NCC2CCCO2)nnc1-c1ccc(Cl)cc1. The second-order valence-corrected chi connectivity index (χ2v) is 5.95. The first kappa shape index (κ1) is 17.0. The van der Waals surface area contributed by atoms with E-state index in [1.807, 2.05) is 0 Å². The number of alkyl halides is 3. The Labute approximate surface area is 142 Å². The topological polar surface area (TPSA) is 47.0 Å². The lowest BCUT2D eigenvalue weighted by Crippen LogP contribution is -2.20. The lowest BCUT2D eigenvalue weighted by Gasteiger charge is -2.15. The van der Waals surface area contributed by atoms with E-state index < -0.39 is 11.7 Å². The minimum Gasteiger partial charge on any atom is -0.376 e. The molecule has 0 bridgehead atoms. The van der Waals surface area contributed by atoms with Crippen LogP contribution in [0.15, 0.2) is 30.3 Å². The van der Waals surface area contributed by atoms with Crippen molar-refractivity contribution in [3.63, 3.8) is 0 Å². The first-order chi connectivity index (χ1) is 11.4. The second-order valence-electron chi connectivity index (χ2n) is 5.51. The van der Waals surface area contributed by atoms with Crippen LogP contribution in [0.1, 0.15) is 18.4 Å².